The molecule has 0 bridgehead atoms. The van der Waals surface area contributed by atoms with Crippen molar-refractivity contribution < 1.29 is 4.42 Å². The van der Waals surface area contributed by atoms with E-state index in [1.807, 2.05) is 6.26 Å². The van der Waals surface area contributed by atoms with Crippen molar-refractivity contribution >= 4 is 0 Å². The Morgan fingerprint density at radius 3 is 2.70 bits per heavy atom. The Morgan fingerprint density at radius 1 is 1.35 bits per heavy atom. The third-order valence-electron chi connectivity index (χ3n) is 4.35. The molecule has 1 heterocycles. The molecule has 3 nitrogen and oxygen atoms in total. The molecule has 0 spiro atoms. The largest absolute Gasteiger partial charge is 0.472 e. The van der Waals surface area contributed by atoms with Crippen LogP contribution in [-0.2, 0) is 6.54 Å². The first-order valence-electron chi connectivity index (χ1n) is 8.00. The highest BCUT2D eigenvalue weighted by Crippen LogP contribution is 2.38. The predicted molar refractivity (Wildman–Crippen MR) is 83.7 cm³/mol. The van der Waals surface area contributed by atoms with E-state index >= 15 is 0 Å². The highest BCUT2D eigenvalue weighted by molar-refractivity contribution is 5.05. The lowest BCUT2D eigenvalue weighted by atomic mass is 9.85. The van der Waals surface area contributed by atoms with Gasteiger partial charge in [0.1, 0.15) is 0 Å². The fourth-order valence-corrected chi connectivity index (χ4v) is 3.46. The number of nitrogens with one attached hydrogen (secondary N) is 1. The second kappa shape index (κ2) is 7.28. The topological polar surface area (TPSA) is 28.4 Å². The van der Waals surface area contributed by atoms with Gasteiger partial charge in [0, 0.05) is 25.2 Å². The Balaban J connectivity index is 1.84. The molecule has 0 amide bonds. The van der Waals surface area contributed by atoms with Gasteiger partial charge >= 0.3 is 0 Å². The average molecular weight is 278 g/mol. The van der Waals surface area contributed by atoms with Gasteiger partial charge in [0.05, 0.1) is 12.5 Å². The Labute approximate surface area is 123 Å². The minimum atomic E-state index is 0.480. The molecule has 0 unspecified atom stereocenters. The average Bonchev–Trinajstić information content (AvgIpc) is 3.01. The van der Waals surface area contributed by atoms with Crippen molar-refractivity contribution in [3.63, 3.8) is 0 Å². The van der Waals surface area contributed by atoms with Crippen LogP contribution in [0.25, 0.3) is 0 Å². The molecule has 0 aromatic carbocycles. The van der Waals surface area contributed by atoms with E-state index in [4.69, 9.17) is 4.42 Å². The molecule has 1 N–H and O–H groups in total. The maximum atomic E-state index is 5.16. The van der Waals surface area contributed by atoms with E-state index in [9.17, 15) is 0 Å². The van der Waals surface area contributed by atoms with E-state index in [-0.39, 0.29) is 0 Å². The molecule has 2 rings (SSSR count). The van der Waals surface area contributed by atoms with Crippen LogP contribution in [0.5, 0.6) is 0 Å². The highest BCUT2D eigenvalue weighted by Gasteiger charge is 2.34. The SMILES string of the molecule is CC(C)CNCC1(CN(C)Cc2ccoc2)CCCC1. The number of rotatable bonds is 8. The summed E-state index contributed by atoms with van der Waals surface area (Å²) in [5.74, 6) is 0.733. The van der Waals surface area contributed by atoms with Gasteiger partial charge in [-0.05, 0) is 43.8 Å². The minimum Gasteiger partial charge on any atom is -0.472 e. The first-order valence-corrected chi connectivity index (χ1v) is 8.00. The Bertz CT molecular complexity index is 366. The molecule has 0 atom stereocenters. The fraction of sp³-hybridized carbons (Fsp3) is 0.765. The monoisotopic (exact) mass is 278 g/mol. The van der Waals surface area contributed by atoms with Crippen LogP contribution >= 0.6 is 0 Å². The normalized spacial score (nSPS) is 18.2. The third kappa shape index (κ3) is 4.64. The number of hydrogen-bond acceptors (Lipinski definition) is 3. The molecule has 20 heavy (non-hydrogen) atoms. The van der Waals surface area contributed by atoms with Crippen molar-refractivity contribution in [1.82, 2.24) is 10.2 Å². The van der Waals surface area contributed by atoms with Crippen LogP contribution < -0.4 is 5.32 Å². The summed E-state index contributed by atoms with van der Waals surface area (Å²) in [5, 5.41) is 3.69. The number of hydrogen-bond donors (Lipinski definition) is 1. The first kappa shape index (κ1) is 15.6. The summed E-state index contributed by atoms with van der Waals surface area (Å²) in [6, 6.07) is 2.06. The van der Waals surface area contributed by atoms with Gasteiger partial charge in [-0.15, -0.1) is 0 Å². The van der Waals surface area contributed by atoms with Crippen molar-refractivity contribution in [3.05, 3.63) is 24.2 Å². The number of nitrogens with zero attached hydrogens (tertiary/aromatic N) is 1. The van der Waals surface area contributed by atoms with Crippen LogP contribution in [0.1, 0.15) is 45.1 Å². The van der Waals surface area contributed by atoms with Gasteiger partial charge in [-0.2, -0.15) is 0 Å². The summed E-state index contributed by atoms with van der Waals surface area (Å²) < 4.78 is 5.16. The minimum absolute atomic E-state index is 0.480. The molecule has 114 valence electrons. The highest BCUT2D eigenvalue weighted by atomic mass is 16.3. The molecule has 1 fully saturated rings. The molecule has 1 aliphatic carbocycles. The molecule has 1 saturated carbocycles. The van der Waals surface area contributed by atoms with E-state index < -0.39 is 0 Å². The molecule has 0 saturated heterocycles. The molecule has 0 aliphatic heterocycles. The van der Waals surface area contributed by atoms with Gasteiger partial charge in [0.25, 0.3) is 0 Å². The molecule has 1 aliphatic rings. The van der Waals surface area contributed by atoms with Crippen molar-refractivity contribution in [2.24, 2.45) is 11.3 Å². The zero-order valence-electron chi connectivity index (χ0n) is 13.3. The van der Waals surface area contributed by atoms with Gasteiger partial charge in [-0.3, -0.25) is 0 Å². The summed E-state index contributed by atoms with van der Waals surface area (Å²) >= 11 is 0. The van der Waals surface area contributed by atoms with Gasteiger partial charge in [-0.1, -0.05) is 26.7 Å². The first-order chi connectivity index (χ1) is 9.60. The van der Waals surface area contributed by atoms with Crippen LogP contribution in [0.15, 0.2) is 23.0 Å². The summed E-state index contributed by atoms with van der Waals surface area (Å²) in [6.07, 6.45) is 9.14. The second-order valence-corrected chi connectivity index (χ2v) is 7.04. The molecular formula is C17H30N2O. The van der Waals surface area contributed by atoms with Gasteiger partial charge in [0.15, 0.2) is 0 Å². The fourth-order valence-electron chi connectivity index (χ4n) is 3.46. The van der Waals surface area contributed by atoms with Crippen molar-refractivity contribution in [2.75, 3.05) is 26.7 Å². The summed E-state index contributed by atoms with van der Waals surface area (Å²) in [7, 11) is 2.23. The van der Waals surface area contributed by atoms with Gasteiger partial charge in [-0.25, -0.2) is 0 Å². The van der Waals surface area contributed by atoms with E-state index in [1.54, 1.807) is 6.26 Å². The zero-order valence-corrected chi connectivity index (χ0v) is 13.3. The predicted octanol–water partition coefficient (Wildman–Crippen LogP) is 3.52. The Kier molecular flexibility index (Phi) is 5.67. The molecule has 3 heteroatoms. The smallest absolute Gasteiger partial charge is 0.0947 e. The second-order valence-electron chi connectivity index (χ2n) is 7.04. The molecular weight excluding hydrogens is 248 g/mol. The van der Waals surface area contributed by atoms with Crippen molar-refractivity contribution in [1.29, 1.82) is 0 Å². The summed E-state index contributed by atoms with van der Waals surface area (Å²) in [4.78, 5) is 2.45. The molecule has 1 aromatic heterocycles. The van der Waals surface area contributed by atoms with Crippen LogP contribution in [0, 0.1) is 11.3 Å². The van der Waals surface area contributed by atoms with Crippen LogP contribution in [0.4, 0.5) is 0 Å². The van der Waals surface area contributed by atoms with Gasteiger partial charge < -0.3 is 14.6 Å². The molecule has 1 aromatic rings. The van der Waals surface area contributed by atoms with E-state index in [0.717, 1.165) is 19.0 Å². The van der Waals surface area contributed by atoms with Crippen LogP contribution in [-0.4, -0.2) is 31.6 Å². The van der Waals surface area contributed by atoms with E-state index in [0.29, 0.717) is 5.41 Å². The summed E-state index contributed by atoms with van der Waals surface area (Å²) in [6.45, 7) is 9.03. The number of furan rings is 1. The quantitative estimate of drug-likeness (QED) is 0.788. The maximum absolute atomic E-state index is 5.16. The lowest BCUT2D eigenvalue weighted by Gasteiger charge is -2.34. The van der Waals surface area contributed by atoms with Crippen LogP contribution in [0.2, 0.25) is 0 Å². The van der Waals surface area contributed by atoms with E-state index in [1.165, 1.54) is 44.3 Å². The van der Waals surface area contributed by atoms with Crippen LogP contribution in [0.3, 0.4) is 0 Å². The lowest BCUT2D eigenvalue weighted by molar-refractivity contribution is 0.166. The summed E-state index contributed by atoms with van der Waals surface area (Å²) in [5.41, 5.74) is 1.75. The Morgan fingerprint density at radius 2 is 2.10 bits per heavy atom. The zero-order chi connectivity index (χ0) is 14.4. The van der Waals surface area contributed by atoms with Crippen molar-refractivity contribution in [2.45, 2.75) is 46.1 Å². The molecule has 0 radical (unpaired) electrons. The standard InChI is InChI=1S/C17H30N2O/c1-15(2)10-18-13-17(7-4-5-8-17)14-19(3)11-16-6-9-20-12-16/h6,9,12,15,18H,4-5,7-8,10-11,13-14H2,1-3H3. The van der Waals surface area contributed by atoms with E-state index in [2.05, 4.69) is 37.2 Å². The maximum Gasteiger partial charge on any atom is 0.0947 e. The third-order valence-corrected chi connectivity index (χ3v) is 4.35. The van der Waals surface area contributed by atoms with Crippen molar-refractivity contribution in [3.8, 4) is 0 Å². The lowest BCUT2D eigenvalue weighted by Crippen LogP contribution is -2.41. The Hall–Kier alpha value is -0.800. The van der Waals surface area contributed by atoms with Gasteiger partial charge in [0.2, 0.25) is 0 Å².